The highest BCUT2D eigenvalue weighted by Crippen LogP contribution is 2.31. The van der Waals surface area contributed by atoms with Crippen molar-refractivity contribution in [3.05, 3.63) is 42.5 Å². The summed E-state index contributed by atoms with van der Waals surface area (Å²) in [5.74, 6) is -0.944. The zero-order chi connectivity index (χ0) is 24.1. The first-order valence-electron chi connectivity index (χ1n) is 10.2. The number of hydrogen-bond acceptors (Lipinski definition) is 6. The number of benzene rings is 2. The Kier molecular flexibility index (Phi) is 7.69. The fraction of sp³-hybridized carbons (Fsp3) is 0.381. The minimum absolute atomic E-state index is 0.00716. The lowest BCUT2D eigenvalue weighted by Gasteiger charge is -2.22. The van der Waals surface area contributed by atoms with Crippen LogP contribution in [-0.4, -0.2) is 40.4 Å². The van der Waals surface area contributed by atoms with Crippen LogP contribution in [0.4, 0.5) is 24.5 Å². The van der Waals surface area contributed by atoms with Crippen molar-refractivity contribution in [2.75, 3.05) is 29.7 Å². The zero-order valence-corrected chi connectivity index (χ0v) is 18.6. The number of carbonyl (C=O) groups is 1. The van der Waals surface area contributed by atoms with Gasteiger partial charge in [0.2, 0.25) is 5.91 Å². The monoisotopic (exact) mass is 487 g/mol. The molecule has 0 aliphatic carbocycles. The number of alkyl halides is 3. The standard InChI is InChI=1S/C21H24F3N3O5S/c1-2-31-18-12-15(26-20(28)14-5-4-10-25-13-14)8-9-19(18)33(29,30)27-16-6-3-7-17(11-16)32-21(22,23)24/h3,6-9,11-12,14,25,27H,2,4-5,10,13H2,1H3,(H,26,28). The molecule has 0 saturated carbocycles. The van der Waals surface area contributed by atoms with E-state index in [0.29, 0.717) is 12.2 Å². The van der Waals surface area contributed by atoms with Crippen molar-refractivity contribution in [3.63, 3.8) is 0 Å². The molecule has 3 N–H and O–H groups in total. The van der Waals surface area contributed by atoms with Gasteiger partial charge in [-0.1, -0.05) is 6.07 Å². The summed E-state index contributed by atoms with van der Waals surface area (Å²) in [6.07, 6.45) is -3.27. The van der Waals surface area contributed by atoms with Crippen LogP contribution < -0.4 is 24.8 Å². The van der Waals surface area contributed by atoms with Gasteiger partial charge in [0.1, 0.15) is 16.4 Å². The van der Waals surface area contributed by atoms with E-state index in [9.17, 15) is 26.4 Å². The SMILES string of the molecule is CCOc1cc(NC(=O)C2CCCNC2)ccc1S(=O)(=O)Nc1cccc(OC(F)(F)F)c1. The topological polar surface area (TPSA) is 106 Å². The van der Waals surface area contributed by atoms with E-state index in [0.717, 1.165) is 31.5 Å². The van der Waals surface area contributed by atoms with Gasteiger partial charge in [-0.2, -0.15) is 0 Å². The number of amides is 1. The molecular weight excluding hydrogens is 463 g/mol. The van der Waals surface area contributed by atoms with Crippen LogP contribution in [0.2, 0.25) is 0 Å². The Bertz CT molecular complexity index is 1090. The van der Waals surface area contributed by atoms with Crippen LogP contribution in [0.15, 0.2) is 47.4 Å². The van der Waals surface area contributed by atoms with Gasteiger partial charge in [-0.15, -0.1) is 13.2 Å². The summed E-state index contributed by atoms with van der Waals surface area (Å²) in [7, 11) is -4.23. The van der Waals surface area contributed by atoms with E-state index in [1.165, 1.54) is 30.3 Å². The van der Waals surface area contributed by atoms with E-state index in [4.69, 9.17) is 4.74 Å². The quantitative estimate of drug-likeness (QED) is 0.524. The first kappa shape index (κ1) is 24.6. The molecule has 12 heteroatoms. The Labute approximate surface area is 189 Å². The number of anilines is 2. The van der Waals surface area contributed by atoms with E-state index >= 15 is 0 Å². The summed E-state index contributed by atoms with van der Waals surface area (Å²) in [5.41, 5.74) is 0.245. The smallest absolute Gasteiger partial charge is 0.492 e. The average molecular weight is 488 g/mol. The number of sulfonamides is 1. The van der Waals surface area contributed by atoms with Crippen LogP contribution in [0.1, 0.15) is 19.8 Å². The zero-order valence-electron chi connectivity index (χ0n) is 17.7. The van der Waals surface area contributed by atoms with Crippen LogP contribution in [-0.2, 0) is 14.8 Å². The molecule has 180 valence electrons. The molecule has 2 aromatic rings. The third-order valence-electron chi connectivity index (χ3n) is 4.79. The van der Waals surface area contributed by atoms with Gasteiger partial charge in [-0.3, -0.25) is 9.52 Å². The van der Waals surface area contributed by atoms with Gasteiger partial charge < -0.3 is 20.1 Å². The molecule has 0 bridgehead atoms. The molecule has 1 aliphatic heterocycles. The molecule has 1 amide bonds. The van der Waals surface area contributed by atoms with Gasteiger partial charge >= 0.3 is 6.36 Å². The Morgan fingerprint density at radius 3 is 2.64 bits per heavy atom. The molecule has 1 fully saturated rings. The number of piperidine rings is 1. The third kappa shape index (κ3) is 6.99. The Morgan fingerprint density at radius 2 is 1.97 bits per heavy atom. The van der Waals surface area contributed by atoms with Crippen LogP contribution >= 0.6 is 0 Å². The molecule has 1 aliphatic rings. The lowest BCUT2D eigenvalue weighted by atomic mass is 9.99. The van der Waals surface area contributed by atoms with Gasteiger partial charge in [0.15, 0.2) is 0 Å². The number of halogens is 3. The van der Waals surface area contributed by atoms with E-state index < -0.39 is 22.1 Å². The highest BCUT2D eigenvalue weighted by molar-refractivity contribution is 7.92. The minimum atomic E-state index is -4.91. The summed E-state index contributed by atoms with van der Waals surface area (Å²) in [6.45, 7) is 3.25. The lowest BCUT2D eigenvalue weighted by Crippen LogP contribution is -2.37. The Hall–Kier alpha value is -2.99. The molecule has 0 spiro atoms. The van der Waals surface area contributed by atoms with Crippen molar-refractivity contribution in [1.82, 2.24) is 5.32 Å². The van der Waals surface area contributed by atoms with Gasteiger partial charge in [0.05, 0.1) is 18.2 Å². The maximum absolute atomic E-state index is 12.9. The van der Waals surface area contributed by atoms with Crippen LogP contribution in [0, 0.1) is 5.92 Å². The minimum Gasteiger partial charge on any atom is -0.492 e. The second-order valence-electron chi connectivity index (χ2n) is 7.31. The second-order valence-corrected chi connectivity index (χ2v) is 8.96. The van der Waals surface area contributed by atoms with Crippen molar-refractivity contribution >= 4 is 27.3 Å². The molecule has 1 heterocycles. The van der Waals surface area contributed by atoms with Crippen molar-refractivity contribution in [2.45, 2.75) is 31.0 Å². The Morgan fingerprint density at radius 1 is 1.18 bits per heavy atom. The molecule has 1 unspecified atom stereocenters. The number of hydrogen-bond donors (Lipinski definition) is 3. The van der Waals surface area contributed by atoms with Crippen molar-refractivity contribution in [2.24, 2.45) is 5.92 Å². The fourth-order valence-electron chi connectivity index (χ4n) is 3.36. The summed E-state index contributed by atoms with van der Waals surface area (Å²) in [5, 5.41) is 5.93. The summed E-state index contributed by atoms with van der Waals surface area (Å²) < 4.78 is 74.7. The predicted molar refractivity (Wildman–Crippen MR) is 116 cm³/mol. The number of rotatable bonds is 8. The second kappa shape index (κ2) is 10.3. The van der Waals surface area contributed by atoms with Crippen molar-refractivity contribution in [1.29, 1.82) is 0 Å². The first-order valence-corrected chi connectivity index (χ1v) is 11.7. The van der Waals surface area contributed by atoms with Gasteiger partial charge in [0.25, 0.3) is 10.0 Å². The number of ether oxygens (including phenoxy) is 2. The fourth-order valence-corrected chi connectivity index (χ4v) is 4.54. The van der Waals surface area contributed by atoms with Gasteiger partial charge in [0, 0.05) is 24.4 Å². The van der Waals surface area contributed by atoms with E-state index in [-0.39, 0.29) is 34.8 Å². The molecular formula is C21H24F3N3O5S. The van der Waals surface area contributed by atoms with E-state index in [1.807, 2.05) is 0 Å². The highest BCUT2D eigenvalue weighted by atomic mass is 32.2. The molecule has 33 heavy (non-hydrogen) atoms. The molecule has 0 radical (unpaired) electrons. The molecule has 3 rings (SSSR count). The molecule has 1 atom stereocenters. The average Bonchev–Trinajstić information content (AvgIpc) is 2.73. The van der Waals surface area contributed by atoms with Crippen molar-refractivity contribution < 1.29 is 35.9 Å². The summed E-state index contributed by atoms with van der Waals surface area (Å²) >= 11 is 0. The lowest BCUT2D eigenvalue weighted by molar-refractivity contribution is -0.274. The van der Waals surface area contributed by atoms with E-state index in [2.05, 4.69) is 20.1 Å². The Balaban J connectivity index is 1.80. The molecule has 2 aromatic carbocycles. The number of carbonyl (C=O) groups excluding carboxylic acids is 1. The normalized spacial score (nSPS) is 16.7. The number of nitrogens with one attached hydrogen (secondary N) is 3. The van der Waals surface area contributed by atoms with Crippen LogP contribution in [0.25, 0.3) is 0 Å². The molecule has 1 saturated heterocycles. The highest BCUT2D eigenvalue weighted by Gasteiger charge is 2.31. The maximum Gasteiger partial charge on any atom is 0.573 e. The summed E-state index contributed by atoms with van der Waals surface area (Å²) in [6, 6.07) is 8.56. The predicted octanol–water partition coefficient (Wildman–Crippen LogP) is 3.72. The van der Waals surface area contributed by atoms with Gasteiger partial charge in [-0.05, 0) is 50.6 Å². The molecule has 8 nitrogen and oxygen atoms in total. The van der Waals surface area contributed by atoms with Gasteiger partial charge in [-0.25, -0.2) is 8.42 Å². The maximum atomic E-state index is 12.9. The molecule has 0 aromatic heterocycles. The third-order valence-corrected chi connectivity index (χ3v) is 6.21. The largest absolute Gasteiger partial charge is 0.573 e. The van der Waals surface area contributed by atoms with Crippen molar-refractivity contribution in [3.8, 4) is 11.5 Å². The van der Waals surface area contributed by atoms with Crippen LogP contribution in [0.5, 0.6) is 11.5 Å². The first-order chi connectivity index (χ1) is 15.6. The van der Waals surface area contributed by atoms with E-state index in [1.54, 1.807) is 6.92 Å². The summed E-state index contributed by atoms with van der Waals surface area (Å²) in [4.78, 5) is 12.2. The van der Waals surface area contributed by atoms with Crippen LogP contribution in [0.3, 0.4) is 0 Å².